The summed E-state index contributed by atoms with van der Waals surface area (Å²) >= 11 is 1.06. The van der Waals surface area contributed by atoms with Gasteiger partial charge in [-0.25, -0.2) is 9.78 Å². The number of hydrogen-bond acceptors (Lipinski definition) is 7. The molecule has 1 aromatic carbocycles. The first kappa shape index (κ1) is 22.7. The smallest absolute Gasteiger partial charge is 0.326 e. The molecule has 3 aromatic rings. The quantitative estimate of drug-likeness (QED) is 0.544. The second-order valence-corrected chi connectivity index (χ2v) is 9.90. The second kappa shape index (κ2) is 9.19. The molecule has 0 saturated heterocycles. The van der Waals surface area contributed by atoms with Crippen molar-refractivity contribution in [1.82, 2.24) is 15.3 Å². The summed E-state index contributed by atoms with van der Waals surface area (Å²) in [5.74, 6) is -0.177. The normalized spacial score (nSPS) is 16.3. The largest absolute Gasteiger partial charge is 0.485 e. The number of ether oxygens (including phenoxy) is 2. The van der Waals surface area contributed by atoms with Crippen LogP contribution in [0.2, 0.25) is 0 Å². The van der Waals surface area contributed by atoms with E-state index in [1.807, 2.05) is 30.5 Å². The molecule has 9 heteroatoms. The molecule has 0 spiro atoms. The number of rotatable bonds is 6. The highest BCUT2D eigenvalue weighted by atomic mass is 32.1. The molecule has 0 aliphatic carbocycles. The number of aryl methyl sites for hydroxylation is 1. The molecule has 0 radical (unpaired) electrons. The van der Waals surface area contributed by atoms with Crippen molar-refractivity contribution in [2.75, 3.05) is 0 Å². The van der Waals surface area contributed by atoms with Crippen LogP contribution in [0.5, 0.6) is 16.7 Å². The third-order valence-corrected chi connectivity index (χ3v) is 6.21. The lowest BCUT2D eigenvalue weighted by Gasteiger charge is -2.27. The Kier molecular flexibility index (Phi) is 6.33. The Morgan fingerprint density at radius 3 is 2.79 bits per heavy atom. The molecule has 0 bridgehead atoms. The molecule has 172 valence electrons. The van der Waals surface area contributed by atoms with Crippen LogP contribution in [0.3, 0.4) is 0 Å². The molecule has 1 aliphatic rings. The lowest BCUT2D eigenvalue weighted by molar-refractivity contribution is -0.142. The number of carbonyl (C=O) groups excluding carboxylic acids is 1. The molecule has 1 aliphatic heterocycles. The summed E-state index contributed by atoms with van der Waals surface area (Å²) in [4.78, 5) is 32.6. The van der Waals surface area contributed by atoms with Gasteiger partial charge in [-0.15, -0.1) is 0 Å². The molecule has 2 atom stereocenters. The lowest BCUT2D eigenvalue weighted by Crippen LogP contribution is -2.48. The van der Waals surface area contributed by atoms with Crippen LogP contribution in [0.1, 0.15) is 54.1 Å². The van der Waals surface area contributed by atoms with Crippen molar-refractivity contribution < 1.29 is 24.2 Å². The van der Waals surface area contributed by atoms with Gasteiger partial charge in [0.05, 0.1) is 6.20 Å². The first-order valence-corrected chi connectivity index (χ1v) is 11.4. The number of aliphatic carboxylic acids is 1. The van der Waals surface area contributed by atoms with Gasteiger partial charge in [-0.1, -0.05) is 38.2 Å². The summed E-state index contributed by atoms with van der Waals surface area (Å²) in [5.41, 5.74) is 1.46. The number of fused-ring (bicyclic) bond motifs is 1. The van der Waals surface area contributed by atoms with Gasteiger partial charge in [0, 0.05) is 18.0 Å². The highest BCUT2D eigenvalue weighted by Crippen LogP contribution is 2.38. The minimum absolute atomic E-state index is 0.0271. The number of hydrogen-bond donors (Lipinski definition) is 2. The fourth-order valence-corrected chi connectivity index (χ4v) is 4.28. The number of benzene rings is 1. The van der Waals surface area contributed by atoms with Gasteiger partial charge in [0.15, 0.2) is 0 Å². The maximum Gasteiger partial charge on any atom is 0.326 e. The van der Waals surface area contributed by atoms with Crippen LogP contribution >= 0.6 is 11.3 Å². The summed E-state index contributed by atoms with van der Waals surface area (Å²) in [7, 11) is 0. The van der Waals surface area contributed by atoms with E-state index in [1.165, 1.54) is 6.20 Å². The minimum atomic E-state index is -1.08. The maximum atomic E-state index is 12.5. The molecule has 3 heterocycles. The number of nitrogens with one attached hydrogen (secondary N) is 1. The van der Waals surface area contributed by atoms with Crippen LogP contribution < -0.4 is 14.8 Å². The van der Waals surface area contributed by atoms with E-state index in [1.54, 1.807) is 33.0 Å². The van der Waals surface area contributed by atoms with Crippen LogP contribution in [0.15, 0.2) is 48.9 Å². The predicted molar refractivity (Wildman–Crippen MR) is 123 cm³/mol. The average molecular weight is 468 g/mol. The Morgan fingerprint density at radius 1 is 1.27 bits per heavy atom. The fourth-order valence-electron chi connectivity index (χ4n) is 3.59. The Hall–Kier alpha value is -3.46. The first-order valence-electron chi connectivity index (χ1n) is 10.6. The fraction of sp³-hybridized carbons (Fsp3) is 0.333. The molecule has 0 fully saturated rings. The number of thiazole rings is 1. The standard InChI is InChI=1S/C24H25N3O5S/c1-24(2,3)20(22(29)30)27-21(28)19-13-26-23(33-19)31-16-7-9-17-14(11-16)6-8-18(32-17)15-5-4-10-25-12-15/h4-5,7,9-13,18,20H,6,8H2,1-3H3,(H,27,28)(H,29,30)/t18-,20?/m0/s1. The zero-order valence-electron chi connectivity index (χ0n) is 18.6. The van der Waals surface area contributed by atoms with Crippen molar-refractivity contribution in [3.8, 4) is 16.7 Å². The molecule has 0 saturated carbocycles. The van der Waals surface area contributed by atoms with Gasteiger partial charge in [-0.3, -0.25) is 9.78 Å². The van der Waals surface area contributed by atoms with Crippen molar-refractivity contribution in [3.05, 3.63) is 64.9 Å². The van der Waals surface area contributed by atoms with Crippen molar-refractivity contribution in [2.24, 2.45) is 5.41 Å². The summed E-state index contributed by atoms with van der Waals surface area (Å²) in [6.45, 7) is 5.27. The van der Waals surface area contributed by atoms with Crippen molar-refractivity contribution in [3.63, 3.8) is 0 Å². The lowest BCUT2D eigenvalue weighted by atomic mass is 9.87. The molecule has 2 N–H and O–H groups in total. The van der Waals surface area contributed by atoms with Crippen LogP contribution in [0.25, 0.3) is 0 Å². The minimum Gasteiger partial charge on any atom is -0.485 e. The van der Waals surface area contributed by atoms with E-state index in [9.17, 15) is 14.7 Å². The topological polar surface area (TPSA) is 111 Å². The van der Waals surface area contributed by atoms with Crippen molar-refractivity contribution >= 4 is 23.2 Å². The van der Waals surface area contributed by atoms with E-state index in [-0.39, 0.29) is 11.0 Å². The molecular formula is C24H25N3O5S. The number of carbonyl (C=O) groups is 2. The zero-order chi connectivity index (χ0) is 23.6. The van der Waals surface area contributed by atoms with Crippen molar-refractivity contribution in [1.29, 1.82) is 0 Å². The van der Waals surface area contributed by atoms with E-state index in [0.717, 1.165) is 41.1 Å². The number of amides is 1. The predicted octanol–water partition coefficient (Wildman–Crippen LogP) is 4.63. The van der Waals surface area contributed by atoms with E-state index >= 15 is 0 Å². The Labute approximate surface area is 195 Å². The third-order valence-electron chi connectivity index (χ3n) is 5.34. The monoisotopic (exact) mass is 467 g/mol. The average Bonchev–Trinajstić information content (AvgIpc) is 3.25. The Morgan fingerprint density at radius 2 is 2.09 bits per heavy atom. The molecular weight excluding hydrogens is 442 g/mol. The number of carboxylic acid groups (broad SMARTS) is 1. The molecule has 8 nitrogen and oxygen atoms in total. The van der Waals surface area contributed by atoms with Crippen LogP contribution in [-0.2, 0) is 11.2 Å². The van der Waals surface area contributed by atoms with Gasteiger partial charge in [0.25, 0.3) is 11.1 Å². The number of nitrogens with zero attached hydrogens (tertiary/aromatic N) is 2. The number of pyridine rings is 1. The van der Waals surface area contributed by atoms with Gasteiger partial charge in [0.1, 0.15) is 28.5 Å². The van der Waals surface area contributed by atoms with Crippen LogP contribution in [-0.4, -0.2) is 33.0 Å². The summed E-state index contributed by atoms with van der Waals surface area (Å²) in [6.07, 6.45) is 6.59. The van der Waals surface area contributed by atoms with Crippen LogP contribution in [0, 0.1) is 5.41 Å². The van der Waals surface area contributed by atoms with Gasteiger partial charge in [0.2, 0.25) is 0 Å². The number of carboxylic acids is 1. The Bertz CT molecular complexity index is 1160. The molecule has 33 heavy (non-hydrogen) atoms. The summed E-state index contributed by atoms with van der Waals surface area (Å²) < 4.78 is 12.0. The summed E-state index contributed by atoms with van der Waals surface area (Å²) in [5, 5.41) is 12.3. The maximum absolute atomic E-state index is 12.5. The number of aromatic nitrogens is 2. The molecule has 2 aromatic heterocycles. The van der Waals surface area contributed by atoms with E-state index < -0.39 is 23.3 Å². The molecule has 4 rings (SSSR count). The zero-order valence-corrected chi connectivity index (χ0v) is 19.4. The van der Waals surface area contributed by atoms with Gasteiger partial charge in [-0.2, -0.15) is 0 Å². The van der Waals surface area contributed by atoms with Gasteiger partial charge >= 0.3 is 5.97 Å². The van der Waals surface area contributed by atoms with Crippen molar-refractivity contribution in [2.45, 2.75) is 45.8 Å². The molecule has 1 unspecified atom stereocenters. The van der Waals surface area contributed by atoms with Crippen LogP contribution in [0.4, 0.5) is 0 Å². The van der Waals surface area contributed by atoms with E-state index in [4.69, 9.17) is 9.47 Å². The second-order valence-electron chi connectivity index (χ2n) is 8.90. The molecule has 1 amide bonds. The highest BCUT2D eigenvalue weighted by Gasteiger charge is 2.33. The van der Waals surface area contributed by atoms with E-state index in [2.05, 4.69) is 15.3 Å². The SMILES string of the molecule is CC(C)(C)C(NC(=O)c1cnc(Oc2ccc3c(c2)CC[C@@H](c2cccnc2)O3)s1)C(=O)O. The van der Waals surface area contributed by atoms with Gasteiger partial charge in [-0.05, 0) is 48.1 Å². The van der Waals surface area contributed by atoms with E-state index in [0.29, 0.717) is 10.9 Å². The van der Waals surface area contributed by atoms with Gasteiger partial charge < -0.3 is 19.9 Å². The highest BCUT2D eigenvalue weighted by molar-refractivity contribution is 7.15. The first-order chi connectivity index (χ1) is 15.7. The summed E-state index contributed by atoms with van der Waals surface area (Å²) in [6, 6.07) is 8.47. The Balaban J connectivity index is 1.42. The third kappa shape index (κ3) is 5.31.